The average Bonchev–Trinajstić information content (AvgIpc) is 3.17. The van der Waals surface area contributed by atoms with Gasteiger partial charge in [-0.2, -0.15) is 8.42 Å². The van der Waals surface area contributed by atoms with Gasteiger partial charge in [0.1, 0.15) is 36.8 Å². The molecule has 0 amide bonds. The van der Waals surface area contributed by atoms with Crippen LogP contribution in [0.1, 0.15) is 187 Å². The summed E-state index contributed by atoms with van der Waals surface area (Å²) >= 11 is 0. The second-order valence-corrected chi connectivity index (χ2v) is 17.2. The molecule has 1 fully saturated rings. The van der Waals surface area contributed by atoms with Crippen LogP contribution in [0, 0.1) is 0 Å². The van der Waals surface area contributed by atoms with E-state index in [4.69, 9.17) is 18.9 Å². The molecule has 0 aromatic carbocycles. The van der Waals surface area contributed by atoms with Crippen molar-refractivity contribution in [1.82, 2.24) is 0 Å². The summed E-state index contributed by atoms with van der Waals surface area (Å²) in [5, 5.41) is 30.8. The summed E-state index contributed by atoms with van der Waals surface area (Å²) in [4.78, 5) is 25.4. The number of ether oxygens (including phenoxy) is 4. The van der Waals surface area contributed by atoms with E-state index < -0.39 is 71.2 Å². The van der Waals surface area contributed by atoms with Gasteiger partial charge in [-0.1, -0.05) is 134 Å². The molecule has 334 valence electrons. The molecule has 0 aromatic heterocycles. The molecule has 4 N–H and O–H groups in total. The zero-order valence-electron chi connectivity index (χ0n) is 35.4. The Labute approximate surface area is 345 Å². The predicted octanol–water partition coefficient (Wildman–Crippen LogP) is 8.84. The Morgan fingerprint density at radius 2 is 1.00 bits per heavy atom. The van der Waals surface area contributed by atoms with Crippen LogP contribution in [0.3, 0.4) is 0 Å². The minimum atomic E-state index is -4.60. The number of rotatable bonds is 37. The van der Waals surface area contributed by atoms with Gasteiger partial charge >= 0.3 is 11.9 Å². The molecule has 13 heteroatoms. The van der Waals surface area contributed by atoms with Crippen LogP contribution in [0.2, 0.25) is 0 Å². The summed E-state index contributed by atoms with van der Waals surface area (Å²) in [5.74, 6) is -1.99. The third kappa shape index (κ3) is 29.9. The maximum absolute atomic E-state index is 12.8. The third-order valence-electron chi connectivity index (χ3n) is 10.3. The number of aliphatic hydroxyl groups is 3. The number of aliphatic hydroxyl groups excluding tert-OH is 3. The molecule has 1 aliphatic heterocycles. The number of hydrogen-bond acceptors (Lipinski definition) is 11. The van der Waals surface area contributed by atoms with Crippen molar-refractivity contribution in [2.75, 3.05) is 19.0 Å². The minimum absolute atomic E-state index is 0.159. The van der Waals surface area contributed by atoms with Crippen molar-refractivity contribution >= 4 is 22.1 Å². The lowest BCUT2D eigenvalue weighted by Crippen LogP contribution is -2.60. The van der Waals surface area contributed by atoms with Gasteiger partial charge in [-0.25, -0.2) is 0 Å². The van der Waals surface area contributed by atoms with Crippen molar-refractivity contribution in [3.05, 3.63) is 24.3 Å². The highest BCUT2D eigenvalue weighted by atomic mass is 32.2. The van der Waals surface area contributed by atoms with Crippen LogP contribution in [-0.2, 0) is 38.7 Å². The number of carbonyl (C=O) groups excluding carboxylic acids is 2. The van der Waals surface area contributed by atoms with E-state index in [1.807, 2.05) is 0 Å². The molecule has 1 aliphatic rings. The number of hydrogen-bond donors (Lipinski definition) is 4. The number of esters is 2. The monoisotopic (exact) mass is 833 g/mol. The lowest BCUT2D eigenvalue weighted by atomic mass is 10.00. The molecule has 0 spiro atoms. The van der Waals surface area contributed by atoms with Gasteiger partial charge < -0.3 is 34.3 Å². The molecule has 0 saturated carbocycles. The normalized spacial score (nSPS) is 20.7. The largest absolute Gasteiger partial charge is 0.462 e. The Bertz CT molecular complexity index is 1160. The average molecular weight is 833 g/mol. The van der Waals surface area contributed by atoms with Gasteiger partial charge in [0.05, 0.1) is 6.61 Å². The molecule has 1 rings (SSSR count). The van der Waals surface area contributed by atoms with Crippen LogP contribution < -0.4 is 0 Å². The van der Waals surface area contributed by atoms with E-state index in [-0.39, 0.29) is 19.4 Å². The molecule has 2 unspecified atom stereocenters. The lowest BCUT2D eigenvalue weighted by molar-refractivity contribution is -0.297. The molecule has 0 radical (unpaired) electrons. The standard InChI is InChI=1S/C44H80O12S/c1-3-5-7-9-11-13-15-17-19-21-23-25-27-29-31-33-40(46)55-37(35-54-44-43(49)42(48)41(47)38(56-44)36-57(50,51)52)34-53-39(45)32-30-28-26-24-22-20-18-16-14-12-10-8-6-4-2/h13,15-16,18,37-38,41-44,47-49H,3-12,14,17,19-36H2,1-2H3,(H,50,51,52)/b15-13+,18-16+/t37-,38-,41-,42?,43?,44+/m1/s1. The molecule has 12 nitrogen and oxygen atoms in total. The summed E-state index contributed by atoms with van der Waals surface area (Å²) in [6.45, 7) is 3.72. The number of carbonyl (C=O) groups is 2. The first-order chi connectivity index (χ1) is 27.5. The van der Waals surface area contributed by atoms with Crippen molar-refractivity contribution in [2.45, 2.75) is 224 Å². The first kappa shape index (κ1) is 53.1. The van der Waals surface area contributed by atoms with E-state index in [0.29, 0.717) is 12.8 Å². The SMILES string of the molecule is CCCCCC/C=C/CCCCCCCCCC(=O)O[C@H](COC(=O)CCCCCCC/C=C/CCCCCCC)CO[C@H]1O[C@H](CS(=O)(=O)O)[C@@H](O)C(O)C1O. The molecule has 57 heavy (non-hydrogen) atoms. The second kappa shape index (κ2) is 34.9. The summed E-state index contributed by atoms with van der Waals surface area (Å²) < 4.78 is 54.0. The topological polar surface area (TPSA) is 186 Å². The van der Waals surface area contributed by atoms with Crippen LogP contribution in [0.5, 0.6) is 0 Å². The fraction of sp³-hybridized carbons (Fsp3) is 0.864. The Hall–Kier alpha value is -1.87. The smallest absolute Gasteiger partial charge is 0.306 e. The van der Waals surface area contributed by atoms with Crippen LogP contribution in [0.4, 0.5) is 0 Å². The fourth-order valence-corrected chi connectivity index (χ4v) is 7.42. The Kier molecular flexibility index (Phi) is 32.6. The number of unbranched alkanes of at least 4 members (excludes halogenated alkanes) is 21. The van der Waals surface area contributed by atoms with Gasteiger partial charge in [-0.15, -0.1) is 0 Å². The summed E-state index contributed by atoms with van der Waals surface area (Å²) in [7, 11) is -4.60. The van der Waals surface area contributed by atoms with Crippen LogP contribution in [-0.4, -0.2) is 96.0 Å². The van der Waals surface area contributed by atoms with E-state index >= 15 is 0 Å². The van der Waals surface area contributed by atoms with E-state index in [1.54, 1.807) is 0 Å². The number of allylic oxidation sites excluding steroid dienone is 4. The molecular weight excluding hydrogens is 753 g/mol. The first-order valence-corrected chi connectivity index (χ1v) is 24.0. The van der Waals surface area contributed by atoms with Gasteiger partial charge in [0.15, 0.2) is 12.4 Å². The van der Waals surface area contributed by atoms with Gasteiger partial charge in [-0.3, -0.25) is 14.1 Å². The van der Waals surface area contributed by atoms with Crippen molar-refractivity contribution in [2.24, 2.45) is 0 Å². The van der Waals surface area contributed by atoms with Crippen LogP contribution in [0.25, 0.3) is 0 Å². The third-order valence-corrected chi connectivity index (χ3v) is 11.0. The summed E-state index contributed by atoms with van der Waals surface area (Å²) in [5.41, 5.74) is 0. The maximum atomic E-state index is 12.8. The molecular formula is C44H80O12S. The summed E-state index contributed by atoms with van der Waals surface area (Å²) in [6, 6.07) is 0. The predicted molar refractivity (Wildman–Crippen MR) is 224 cm³/mol. The fourth-order valence-electron chi connectivity index (χ4n) is 6.72. The Morgan fingerprint density at radius 1 is 0.579 bits per heavy atom. The van der Waals surface area contributed by atoms with E-state index in [0.717, 1.165) is 70.6 Å². The highest BCUT2D eigenvalue weighted by Gasteiger charge is 2.46. The molecule has 6 atom stereocenters. The molecule has 0 aliphatic carbocycles. The van der Waals surface area contributed by atoms with Gasteiger partial charge in [0, 0.05) is 12.8 Å². The van der Waals surface area contributed by atoms with Gasteiger partial charge in [0.25, 0.3) is 10.1 Å². The molecule has 0 aromatic rings. The van der Waals surface area contributed by atoms with E-state index in [2.05, 4.69) is 38.2 Å². The Morgan fingerprint density at radius 3 is 1.47 bits per heavy atom. The van der Waals surface area contributed by atoms with Crippen LogP contribution >= 0.6 is 0 Å². The highest BCUT2D eigenvalue weighted by molar-refractivity contribution is 7.85. The van der Waals surface area contributed by atoms with Gasteiger partial charge in [-0.05, 0) is 64.2 Å². The lowest BCUT2D eigenvalue weighted by Gasteiger charge is -2.40. The van der Waals surface area contributed by atoms with Crippen molar-refractivity contribution in [1.29, 1.82) is 0 Å². The molecule has 1 saturated heterocycles. The highest BCUT2D eigenvalue weighted by Crippen LogP contribution is 2.24. The van der Waals surface area contributed by atoms with E-state index in [1.165, 1.54) is 77.0 Å². The van der Waals surface area contributed by atoms with Crippen molar-refractivity contribution in [3.63, 3.8) is 0 Å². The van der Waals surface area contributed by atoms with Crippen molar-refractivity contribution < 1.29 is 56.8 Å². The van der Waals surface area contributed by atoms with Crippen LogP contribution in [0.15, 0.2) is 24.3 Å². The van der Waals surface area contributed by atoms with E-state index in [9.17, 15) is 37.9 Å². The maximum Gasteiger partial charge on any atom is 0.306 e. The Balaban J connectivity index is 2.46. The first-order valence-electron chi connectivity index (χ1n) is 22.4. The molecule has 1 heterocycles. The minimum Gasteiger partial charge on any atom is -0.462 e. The van der Waals surface area contributed by atoms with Gasteiger partial charge in [0.2, 0.25) is 0 Å². The molecule has 0 bridgehead atoms. The quantitative estimate of drug-likeness (QED) is 0.0202. The van der Waals surface area contributed by atoms with Crippen molar-refractivity contribution in [3.8, 4) is 0 Å². The zero-order valence-corrected chi connectivity index (χ0v) is 36.3. The second-order valence-electron chi connectivity index (χ2n) is 15.7. The summed E-state index contributed by atoms with van der Waals surface area (Å²) in [6.07, 6.45) is 27.9. The zero-order chi connectivity index (χ0) is 42.0.